The average molecular weight is 253 g/mol. The third kappa shape index (κ3) is 2.52. The summed E-state index contributed by atoms with van der Waals surface area (Å²) in [5, 5.41) is 22.7. The number of hydrogen-bond donors (Lipinski definition) is 3. The highest BCUT2D eigenvalue weighted by Gasteiger charge is 2.24. The van der Waals surface area contributed by atoms with Gasteiger partial charge in [0.05, 0.1) is 6.10 Å². The van der Waals surface area contributed by atoms with Crippen LogP contribution in [0, 0.1) is 0 Å². The van der Waals surface area contributed by atoms with Crippen LogP contribution in [0.1, 0.15) is 26.3 Å². The second kappa shape index (κ2) is 4.66. The molecule has 5 heteroatoms. The monoisotopic (exact) mass is 253 g/mol. The van der Waals surface area contributed by atoms with Crippen LogP contribution in [0.25, 0.3) is 0 Å². The van der Waals surface area contributed by atoms with Crippen molar-refractivity contribution in [2.45, 2.75) is 39.0 Å². The highest BCUT2D eigenvalue weighted by Crippen LogP contribution is 2.37. The number of aliphatic hydroxyl groups is 1. The lowest BCUT2D eigenvalue weighted by Gasteiger charge is -2.29. The van der Waals surface area contributed by atoms with Gasteiger partial charge in [-0.3, -0.25) is 0 Å². The molecule has 1 aromatic carbocycles. The van der Waals surface area contributed by atoms with E-state index in [4.69, 9.17) is 9.47 Å². The van der Waals surface area contributed by atoms with Crippen molar-refractivity contribution in [1.82, 2.24) is 5.32 Å². The Morgan fingerprint density at radius 1 is 1.33 bits per heavy atom. The van der Waals surface area contributed by atoms with E-state index in [0.29, 0.717) is 23.6 Å². The van der Waals surface area contributed by atoms with Gasteiger partial charge < -0.3 is 25.0 Å². The number of hydrogen-bond acceptors (Lipinski definition) is 5. The first-order valence-electron chi connectivity index (χ1n) is 5.95. The molecule has 5 nitrogen and oxygen atoms in total. The van der Waals surface area contributed by atoms with Gasteiger partial charge in [-0.25, -0.2) is 0 Å². The normalized spacial score (nSPS) is 15.8. The van der Waals surface area contributed by atoms with E-state index in [1.807, 2.05) is 13.8 Å². The fourth-order valence-corrected chi connectivity index (χ4v) is 1.59. The minimum atomic E-state index is -0.492. The Hall–Kier alpha value is -1.46. The van der Waals surface area contributed by atoms with Crippen LogP contribution in [0.5, 0.6) is 17.2 Å². The maximum absolute atomic E-state index is 9.87. The molecule has 100 valence electrons. The number of aliphatic hydroxyl groups excluding tert-OH is 1. The summed E-state index contributed by atoms with van der Waals surface area (Å²) in [6.45, 7) is 6.17. The molecule has 1 atom stereocenters. The lowest BCUT2D eigenvalue weighted by atomic mass is 9.98. The molecule has 2 rings (SSSR count). The Bertz CT molecular complexity index is 443. The van der Waals surface area contributed by atoms with Crippen molar-refractivity contribution in [1.29, 1.82) is 0 Å². The zero-order valence-corrected chi connectivity index (χ0v) is 10.9. The Kier molecular flexibility index (Phi) is 3.36. The van der Waals surface area contributed by atoms with Gasteiger partial charge in [-0.1, -0.05) is 0 Å². The van der Waals surface area contributed by atoms with Crippen LogP contribution in [0.2, 0.25) is 0 Å². The van der Waals surface area contributed by atoms with Gasteiger partial charge in [-0.05, 0) is 26.8 Å². The number of phenols is 1. The van der Waals surface area contributed by atoms with Crippen LogP contribution in [-0.4, -0.2) is 28.6 Å². The lowest BCUT2D eigenvalue weighted by molar-refractivity contribution is 0.0955. The van der Waals surface area contributed by atoms with Gasteiger partial charge in [0.15, 0.2) is 11.5 Å². The van der Waals surface area contributed by atoms with E-state index in [1.54, 1.807) is 19.1 Å². The van der Waals surface area contributed by atoms with Crippen molar-refractivity contribution in [3.63, 3.8) is 0 Å². The number of fused-ring (bicyclic) bond motifs is 1. The van der Waals surface area contributed by atoms with Crippen LogP contribution in [0.15, 0.2) is 12.1 Å². The van der Waals surface area contributed by atoms with E-state index < -0.39 is 11.6 Å². The fourth-order valence-electron chi connectivity index (χ4n) is 1.59. The summed E-state index contributed by atoms with van der Waals surface area (Å²) >= 11 is 0. The van der Waals surface area contributed by atoms with Crippen molar-refractivity contribution in [3.05, 3.63) is 17.7 Å². The Morgan fingerprint density at radius 3 is 2.56 bits per heavy atom. The second-order valence-corrected chi connectivity index (χ2v) is 5.09. The van der Waals surface area contributed by atoms with Crippen molar-refractivity contribution >= 4 is 0 Å². The number of nitrogens with one attached hydrogen (secondary N) is 1. The van der Waals surface area contributed by atoms with Crippen molar-refractivity contribution in [2.75, 3.05) is 6.79 Å². The molecule has 1 aliphatic heterocycles. The molecule has 3 N–H and O–H groups in total. The van der Waals surface area contributed by atoms with E-state index in [0.717, 1.165) is 0 Å². The summed E-state index contributed by atoms with van der Waals surface area (Å²) in [6.07, 6.45) is -0.492. The summed E-state index contributed by atoms with van der Waals surface area (Å²) < 4.78 is 10.4. The minimum absolute atomic E-state index is 0.160. The molecule has 0 radical (unpaired) electrons. The van der Waals surface area contributed by atoms with Crippen LogP contribution < -0.4 is 14.8 Å². The summed E-state index contributed by atoms with van der Waals surface area (Å²) in [7, 11) is 0. The van der Waals surface area contributed by atoms with Crippen LogP contribution in [0.4, 0.5) is 0 Å². The summed E-state index contributed by atoms with van der Waals surface area (Å²) in [6, 6.07) is 3.30. The number of ether oxygens (including phenoxy) is 2. The molecule has 0 saturated heterocycles. The predicted octanol–water partition coefficient (Wildman–Crippen LogP) is 1.37. The molecule has 0 aliphatic carbocycles. The fraction of sp³-hybridized carbons (Fsp3) is 0.538. The van der Waals surface area contributed by atoms with Gasteiger partial charge in [0.25, 0.3) is 0 Å². The first kappa shape index (κ1) is 13.0. The number of aromatic hydroxyl groups is 1. The van der Waals surface area contributed by atoms with Gasteiger partial charge in [0, 0.05) is 23.7 Å². The van der Waals surface area contributed by atoms with Gasteiger partial charge in [0.2, 0.25) is 6.79 Å². The van der Waals surface area contributed by atoms with Crippen LogP contribution in [0.3, 0.4) is 0 Å². The van der Waals surface area contributed by atoms with Crippen LogP contribution in [-0.2, 0) is 6.54 Å². The zero-order valence-electron chi connectivity index (χ0n) is 10.9. The number of phenolic OH excluding ortho intramolecular Hbond substituents is 1. The van der Waals surface area contributed by atoms with Gasteiger partial charge in [0.1, 0.15) is 5.75 Å². The number of benzene rings is 1. The third-order valence-corrected chi connectivity index (χ3v) is 3.35. The molecule has 1 aliphatic rings. The maximum Gasteiger partial charge on any atom is 0.231 e. The predicted molar refractivity (Wildman–Crippen MR) is 66.8 cm³/mol. The smallest absolute Gasteiger partial charge is 0.231 e. The van der Waals surface area contributed by atoms with Crippen molar-refractivity contribution in [3.8, 4) is 17.2 Å². The van der Waals surface area contributed by atoms with Crippen LogP contribution >= 0.6 is 0 Å². The molecule has 1 unspecified atom stereocenters. The molecule has 0 saturated carbocycles. The molecule has 0 aromatic heterocycles. The third-order valence-electron chi connectivity index (χ3n) is 3.35. The minimum Gasteiger partial charge on any atom is -0.507 e. The first-order valence-corrected chi connectivity index (χ1v) is 5.95. The van der Waals surface area contributed by atoms with E-state index >= 15 is 0 Å². The number of rotatable bonds is 4. The zero-order chi connectivity index (χ0) is 13.3. The average Bonchev–Trinajstić information content (AvgIpc) is 2.72. The standard InChI is InChI=1S/C13H19NO4/c1-8(15)13(2,3)14-6-9-4-11-12(5-10(9)16)18-7-17-11/h4-5,8,14-16H,6-7H2,1-3H3. The Labute approximate surface area is 106 Å². The van der Waals surface area contributed by atoms with Crippen molar-refractivity contribution < 1.29 is 19.7 Å². The molecule has 0 spiro atoms. The SMILES string of the molecule is CC(O)C(C)(C)NCc1cc2c(cc1O)OCO2. The molecular weight excluding hydrogens is 234 g/mol. The molecule has 0 fully saturated rings. The van der Waals surface area contributed by atoms with E-state index in [-0.39, 0.29) is 12.5 Å². The summed E-state index contributed by atoms with van der Waals surface area (Å²) in [5.74, 6) is 1.36. The maximum atomic E-state index is 9.87. The van der Waals surface area contributed by atoms with E-state index in [2.05, 4.69) is 5.32 Å². The van der Waals surface area contributed by atoms with E-state index in [1.165, 1.54) is 0 Å². The van der Waals surface area contributed by atoms with E-state index in [9.17, 15) is 10.2 Å². The van der Waals surface area contributed by atoms with Gasteiger partial charge in [-0.15, -0.1) is 0 Å². The summed E-state index contributed by atoms with van der Waals surface area (Å²) in [5.41, 5.74) is 0.288. The molecule has 18 heavy (non-hydrogen) atoms. The molecule has 1 heterocycles. The molecule has 1 aromatic rings. The second-order valence-electron chi connectivity index (χ2n) is 5.09. The highest BCUT2D eigenvalue weighted by atomic mass is 16.7. The molecule has 0 amide bonds. The quantitative estimate of drug-likeness (QED) is 0.756. The highest BCUT2D eigenvalue weighted by molar-refractivity contribution is 5.51. The topological polar surface area (TPSA) is 71.0 Å². The molecule has 0 bridgehead atoms. The Morgan fingerprint density at radius 2 is 1.94 bits per heavy atom. The largest absolute Gasteiger partial charge is 0.507 e. The first-order chi connectivity index (χ1) is 8.40. The van der Waals surface area contributed by atoms with Crippen molar-refractivity contribution in [2.24, 2.45) is 0 Å². The lowest BCUT2D eigenvalue weighted by Crippen LogP contribution is -2.47. The van der Waals surface area contributed by atoms with Gasteiger partial charge in [-0.2, -0.15) is 0 Å². The van der Waals surface area contributed by atoms with Gasteiger partial charge >= 0.3 is 0 Å². The summed E-state index contributed by atoms with van der Waals surface area (Å²) in [4.78, 5) is 0. The Balaban J connectivity index is 2.11. The molecular formula is C13H19NO4.